The molecule has 0 saturated heterocycles. The molecule has 1 aliphatic carbocycles. The Bertz CT molecular complexity index is 1280. The second-order valence-corrected chi connectivity index (χ2v) is 10.3. The Kier molecular flexibility index (Phi) is 7.70. The predicted octanol–water partition coefficient (Wildman–Crippen LogP) is 2.99. The molecule has 0 radical (unpaired) electrons. The molecule has 0 aliphatic heterocycles. The zero-order valence-corrected chi connectivity index (χ0v) is 21.2. The number of nitrogens with one attached hydrogen (secondary N) is 1. The van der Waals surface area contributed by atoms with Gasteiger partial charge >= 0.3 is 7.75 Å². The molecule has 192 valence electrons. The number of nitrogens with zero attached hydrogens (tertiary/aromatic N) is 5. The van der Waals surface area contributed by atoms with Gasteiger partial charge in [0.2, 0.25) is 0 Å². The molecule has 0 saturated carbocycles. The monoisotopic (exact) mass is 515 g/mol. The Balaban J connectivity index is 1.34. The van der Waals surface area contributed by atoms with Gasteiger partial charge in [-0.1, -0.05) is 30.4 Å². The number of aromatic nitrogens is 4. The molecule has 4 N–H and O–H groups in total. The molecule has 0 fully saturated rings. The third-order valence-corrected chi connectivity index (χ3v) is 6.68. The number of benzene rings is 1. The number of allylic oxidation sites excluding steroid dienone is 1. The number of nitrogen functional groups attached to an aromatic ring is 1. The number of amides is 1. The van der Waals surface area contributed by atoms with Crippen molar-refractivity contribution in [3.8, 4) is 0 Å². The van der Waals surface area contributed by atoms with Crippen LogP contribution in [0.2, 0.25) is 0 Å². The maximum absolute atomic E-state index is 12.8. The Labute approximate surface area is 208 Å². The van der Waals surface area contributed by atoms with Crippen molar-refractivity contribution in [2.45, 2.75) is 45.4 Å². The number of rotatable bonds is 10. The van der Waals surface area contributed by atoms with Crippen molar-refractivity contribution in [1.82, 2.24) is 24.6 Å². The highest BCUT2D eigenvalue weighted by Gasteiger charge is 2.32. The third kappa shape index (κ3) is 5.90. The number of fused-ring (bicyclic) bond motifs is 1. The lowest BCUT2D eigenvalue weighted by Crippen LogP contribution is -2.45. The summed E-state index contributed by atoms with van der Waals surface area (Å²) < 4.78 is 19.8. The Morgan fingerprint density at radius 2 is 2.00 bits per heavy atom. The van der Waals surface area contributed by atoms with E-state index in [1.165, 1.54) is 11.4 Å². The second kappa shape index (κ2) is 10.8. The van der Waals surface area contributed by atoms with Crippen LogP contribution in [-0.4, -0.2) is 49.1 Å². The summed E-state index contributed by atoms with van der Waals surface area (Å²) in [6, 6.07) is 8.08. The summed E-state index contributed by atoms with van der Waals surface area (Å²) in [6.45, 7) is 5.19. The van der Waals surface area contributed by atoms with Gasteiger partial charge in [-0.2, -0.15) is 0 Å². The van der Waals surface area contributed by atoms with Crippen molar-refractivity contribution in [3.05, 3.63) is 55.1 Å². The molecule has 13 heteroatoms. The highest BCUT2D eigenvalue weighted by Crippen LogP contribution is 2.40. The van der Waals surface area contributed by atoms with E-state index in [1.807, 2.05) is 48.8 Å². The first-order chi connectivity index (χ1) is 17.1. The normalized spacial score (nSPS) is 19.9. The first-order valence-electron chi connectivity index (χ1n) is 11.6. The Morgan fingerprint density at radius 1 is 1.25 bits per heavy atom. The molecular formula is C23H30N7O5P. The summed E-state index contributed by atoms with van der Waals surface area (Å²) in [7, 11) is -4.42. The highest BCUT2D eigenvalue weighted by atomic mass is 31.2. The minimum Gasteiger partial charge on any atom is -0.382 e. The van der Waals surface area contributed by atoms with Gasteiger partial charge in [-0.05, 0) is 39.3 Å². The van der Waals surface area contributed by atoms with E-state index in [-0.39, 0.29) is 24.7 Å². The minimum absolute atomic E-state index is 0.0515. The number of hydrogen-bond acceptors (Lipinski definition) is 9. The summed E-state index contributed by atoms with van der Waals surface area (Å²) >= 11 is 0. The first-order valence-corrected chi connectivity index (χ1v) is 13.1. The summed E-state index contributed by atoms with van der Waals surface area (Å²) in [6.07, 6.45) is 7.27. The van der Waals surface area contributed by atoms with E-state index < -0.39 is 19.7 Å². The maximum Gasteiger partial charge on any atom is 0.432 e. The fourth-order valence-corrected chi connectivity index (χ4v) is 4.86. The average Bonchev–Trinajstić information content (AvgIpc) is 3.49. The summed E-state index contributed by atoms with van der Waals surface area (Å²) in [5.41, 5.74) is 7.63. The lowest BCUT2D eigenvalue weighted by Gasteiger charge is -2.31. The van der Waals surface area contributed by atoms with Crippen LogP contribution in [0.3, 0.4) is 0 Å². The quantitative estimate of drug-likeness (QED) is 0.208. The van der Waals surface area contributed by atoms with Crippen LogP contribution in [0.25, 0.3) is 11.2 Å². The maximum atomic E-state index is 12.8. The number of carbonyl (C=O) groups excluding carboxylic acids is 1. The van der Waals surface area contributed by atoms with E-state index in [0.29, 0.717) is 29.1 Å². The molecule has 2 heterocycles. The summed E-state index contributed by atoms with van der Waals surface area (Å²) in [4.78, 5) is 41.4. The Morgan fingerprint density at radius 3 is 2.72 bits per heavy atom. The third-order valence-electron chi connectivity index (χ3n) is 5.68. The molecular weight excluding hydrogens is 485 g/mol. The number of carbonyl (C=O) groups is 1. The molecule has 0 spiro atoms. The molecule has 4 rings (SSSR count). The van der Waals surface area contributed by atoms with Gasteiger partial charge in [0.15, 0.2) is 11.5 Å². The van der Waals surface area contributed by atoms with Crippen molar-refractivity contribution in [3.63, 3.8) is 0 Å². The number of hydroxylamine groups is 1. The van der Waals surface area contributed by atoms with Gasteiger partial charge in [0.05, 0.1) is 30.8 Å². The molecule has 1 amide bonds. The fraction of sp³-hybridized carbons (Fsp3) is 0.391. The van der Waals surface area contributed by atoms with Gasteiger partial charge in [0, 0.05) is 5.92 Å². The van der Waals surface area contributed by atoms with Crippen molar-refractivity contribution >= 4 is 36.3 Å². The molecule has 3 unspecified atom stereocenters. The van der Waals surface area contributed by atoms with E-state index in [1.54, 1.807) is 25.4 Å². The molecule has 3 aromatic rings. The fourth-order valence-electron chi connectivity index (χ4n) is 3.94. The molecule has 36 heavy (non-hydrogen) atoms. The van der Waals surface area contributed by atoms with Gasteiger partial charge in [-0.15, -0.1) is 0 Å². The topological polar surface area (TPSA) is 158 Å². The number of hydrogen-bond donors (Lipinski definition) is 3. The lowest BCUT2D eigenvalue weighted by atomic mass is 10.1. The molecule has 12 nitrogen and oxygen atoms in total. The van der Waals surface area contributed by atoms with E-state index in [0.717, 1.165) is 0 Å². The zero-order chi connectivity index (χ0) is 25.9. The number of para-hydroxylation sites is 1. The molecule has 1 aliphatic rings. The van der Waals surface area contributed by atoms with Crippen LogP contribution in [0.5, 0.6) is 0 Å². The van der Waals surface area contributed by atoms with Crippen LogP contribution >= 0.6 is 7.75 Å². The van der Waals surface area contributed by atoms with Gasteiger partial charge in [-0.25, -0.2) is 24.6 Å². The van der Waals surface area contributed by atoms with E-state index in [2.05, 4.69) is 20.0 Å². The number of anilines is 2. The van der Waals surface area contributed by atoms with E-state index in [9.17, 15) is 14.3 Å². The van der Waals surface area contributed by atoms with Crippen LogP contribution in [0.15, 0.2) is 55.1 Å². The van der Waals surface area contributed by atoms with Gasteiger partial charge in [-0.3, -0.25) is 19.2 Å². The van der Waals surface area contributed by atoms with Crippen LogP contribution in [0, 0.1) is 5.92 Å². The van der Waals surface area contributed by atoms with E-state index >= 15 is 0 Å². The number of nitrogens with two attached hydrogens (primary N) is 1. The van der Waals surface area contributed by atoms with Crippen molar-refractivity contribution in [1.29, 1.82) is 0 Å². The van der Waals surface area contributed by atoms with Gasteiger partial charge < -0.3 is 15.2 Å². The van der Waals surface area contributed by atoms with Crippen molar-refractivity contribution in [2.75, 3.05) is 17.4 Å². The second-order valence-electron chi connectivity index (χ2n) is 8.81. The smallest absolute Gasteiger partial charge is 0.382 e. The molecule has 0 bridgehead atoms. The van der Waals surface area contributed by atoms with Crippen LogP contribution < -0.4 is 15.9 Å². The van der Waals surface area contributed by atoms with Gasteiger partial charge in [0.1, 0.15) is 17.9 Å². The van der Waals surface area contributed by atoms with Crippen LogP contribution in [0.4, 0.5) is 11.5 Å². The molecule has 2 aromatic heterocycles. The Hall–Kier alpha value is -3.31. The van der Waals surface area contributed by atoms with E-state index in [4.69, 9.17) is 15.1 Å². The lowest BCUT2D eigenvalue weighted by molar-refractivity contribution is -0.123. The zero-order valence-electron chi connectivity index (χ0n) is 20.3. The highest BCUT2D eigenvalue weighted by molar-refractivity contribution is 7.51. The van der Waals surface area contributed by atoms with Crippen LogP contribution in [-0.2, 0) is 18.7 Å². The molecule has 4 atom stereocenters. The standard InChI is InChI=1S/C23H30N7O5P/c1-15(2)35-30(18-7-5-4-6-8-18)16(3)23(31)28-36(32,33)34-12-17-9-10-19(11-17)29-14-27-20-21(24)25-13-26-22(20)29/h4-10,13-17,19H,11-12H2,1-3H3,(H2,24,25,26)(H2,28,31,32,33)/t16-,17?,19?/m0/s1. The molecule has 1 aromatic carbocycles. The van der Waals surface area contributed by atoms with Gasteiger partial charge in [0.25, 0.3) is 5.91 Å². The van der Waals surface area contributed by atoms with Crippen LogP contribution in [0.1, 0.15) is 33.2 Å². The largest absolute Gasteiger partial charge is 0.432 e. The average molecular weight is 516 g/mol. The summed E-state index contributed by atoms with van der Waals surface area (Å²) in [5, 5.41) is 3.54. The van der Waals surface area contributed by atoms with Crippen molar-refractivity contribution in [2.24, 2.45) is 5.92 Å². The van der Waals surface area contributed by atoms with Crippen molar-refractivity contribution < 1.29 is 23.6 Å². The summed E-state index contributed by atoms with van der Waals surface area (Å²) in [5.74, 6) is -0.546. The number of imidazole rings is 1. The SMILES string of the molecule is CC(C)ON(c1ccccc1)[C@@H](C)C(=O)NP(=O)(O)OCC1C=CC(n2cnc3c(N)ncnc32)C1. The minimum atomic E-state index is -4.42. The first kappa shape index (κ1) is 25.8. The predicted molar refractivity (Wildman–Crippen MR) is 135 cm³/mol.